The van der Waals surface area contributed by atoms with Gasteiger partial charge in [-0.05, 0) is 0 Å². The highest BCUT2D eigenvalue weighted by atomic mass is 19.1. The molecule has 3 heterocycles. The summed E-state index contributed by atoms with van der Waals surface area (Å²) < 4.78 is 13.6. The van der Waals surface area contributed by atoms with Crippen molar-refractivity contribution in [2.45, 2.75) is 6.04 Å². The van der Waals surface area contributed by atoms with Crippen LogP contribution in [0.15, 0.2) is 29.6 Å². The lowest BCUT2D eigenvalue weighted by Gasteiger charge is -2.45. The van der Waals surface area contributed by atoms with Gasteiger partial charge in [0.15, 0.2) is 11.6 Å². The largest absolute Gasteiger partial charge is 0.366 e. The molecule has 0 atom stereocenters. The highest BCUT2D eigenvalue weighted by molar-refractivity contribution is 5.50. The van der Waals surface area contributed by atoms with Crippen LogP contribution < -0.4 is 15.4 Å². The molecule has 1 aliphatic heterocycles. The van der Waals surface area contributed by atoms with Gasteiger partial charge in [-0.2, -0.15) is 5.10 Å². The third-order valence-electron chi connectivity index (χ3n) is 3.41. The van der Waals surface area contributed by atoms with Crippen molar-refractivity contribution in [3.8, 4) is 0 Å². The Hall–Kier alpha value is -2.51. The van der Waals surface area contributed by atoms with Crippen molar-refractivity contribution in [3.63, 3.8) is 0 Å². The van der Waals surface area contributed by atoms with Gasteiger partial charge < -0.3 is 9.80 Å². The number of nitrogens with one attached hydrogen (secondary N) is 1. The monoisotopic (exact) mass is 276 g/mol. The molecule has 1 aliphatic rings. The summed E-state index contributed by atoms with van der Waals surface area (Å²) in [4.78, 5) is 22.6. The molecule has 0 amide bonds. The van der Waals surface area contributed by atoms with E-state index in [-0.39, 0.29) is 17.4 Å². The number of anilines is 2. The number of halogens is 1. The molecule has 1 saturated heterocycles. The minimum absolute atomic E-state index is 0.138. The highest BCUT2D eigenvalue weighted by Gasteiger charge is 2.32. The molecule has 0 radical (unpaired) electrons. The maximum atomic E-state index is 13.6. The van der Waals surface area contributed by atoms with Gasteiger partial charge in [0.05, 0.1) is 24.1 Å². The Balaban J connectivity index is 1.69. The number of likely N-dealkylation sites (N-methyl/N-ethyl adjacent to an activating group) is 1. The van der Waals surface area contributed by atoms with Crippen molar-refractivity contribution in [2.24, 2.45) is 0 Å². The predicted molar refractivity (Wildman–Crippen MR) is 71.3 cm³/mol. The van der Waals surface area contributed by atoms with Gasteiger partial charge in [0.2, 0.25) is 0 Å². The third kappa shape index (κ3) is 2.20. The Morgan fingerprint density at radius 2 is 2.25 bits per heavy atom. The van der Waals surface area contributed by atoms with Crippen LogP contribution in [0.4, 0.5) is 15.9 Å². The second kappa shape index (κ2) is 4.87. The molecule has 8 heteroatoms. The van der Waals surface area contributed by atoms with Crippen LogP contribution in [0.1, 0.15) is 0 Å². The molecule has 0 bridgehead atoms. The van der Waals surface area contributed by atoms with Crippen LogP contribution in [0, 0.1) is 5.82 Å². The summed E-state index contributed by atoms with van der Waals surface area (Å²) in [6.07, 6.45) is 4.07. The lowest BCUT2D eigenvalue weighted by molar-refractivity contribution is 0.483. The summed E-state index contributed by atoms with van der Waals surface area (Å²) in [6, 6.07) is 1.63. The Morgan fingerprint density at radius 1 is 1.45 bits per heavy atom. The summed E-state index contributed by atoms with van der Waals surface area (Å²) in [5.41, 5.74) is 0.530. The summed E-state index contributed by atoms with van der Waals surface area (Å²) in [6.45, 7) is 1.37. The molecule has 0 spiro atoms. The Bertz CT molecular complexity index is 669. The normalized spacial score (nSPS) is 15.0. The van der Waals surface area contributed by atoms with Crippen molar-refractivity contribution in [1.29, 1.82) is 0 Å². The molecule has 0 aliphatic carbocycles. The van der Waals surface area contributed by atoms with Crippen LogP contribution in [0.25, 0.3) is 0 Å². The topological polar surface area (TPSA) is 78.0 Å². The fourth-order valence-electron chi connectivity index (χ4n) is 2.19. The number of rotatable bonds is 3. The van der Waals surface area contributed by atoms with Gasteiger partial charge in [-0.3, -0.25) is 4.79 Å². The van der Waals surface area contributed by atoms with E-state index in [1.807, 2.05) is 4.90 Å². The van der Waals surface area contributed by atoms with Crippen LogP contribution in [0.2, 0.25) is 0 Å². The first-order valence-corrected chi connectivity index (χ1v) is 6.13. The maximum Gasteiger partial charge on any atom is 0.266 e. The van der Waals surface area contributed by atoms with Crippen LogP contribution in [-0.4, -0.2) is 46.3 Å². The van der Waals surface area contributed by atoms with E-state index >= 15 is 0 Å². The molecular weight excluding hydrogens is 263 g/mol. The smallest absolute Gasteiger partial charge is 0.266 e. The molecule has 0 saturated carbocycles. The van der Waals surface area contributed by atoms with E-state index in [1.54, 1.807) is 18.1 Å². The van der Waals surface area contributed by atoms with E-state index in [4.69, 9.17) is 0 Å². The lowest BCUT2D eigenvalue weighted by atomic mass is 10.1. The van der Waals surface area contributed by atoms with E-state index in [1.165, 1.54) is 12.4 Å². The minimum Gasteiger partial charge on any atom is -0.366 e. The molecule has 20 heavy (non-hydrogen) atoms. The van der Waals surface area contributed by atoms with Crippen LogP contribution in [0.3, 0.4) is 0 Å². The maximum absolute atomic E-state index is 13.6. The molecule has 104 valence electrons. The molecular formula is C12H13FN6O. The Labute approximate surface area is 114 Å². The molecule has 2 aromatic heterocycles. The second-order valence-electron chi connectivity index (χ2n) is 4.67. The van der Waals surface area contributed by atoms with E-state index in [9.17, 15) is 9.18 Å². The van der Waals surface area contributed by atoms with E-state index < -0.39 is 5.82 Å². The van der Waals surface area contributed by atoms with E-state index in [2.05, 4.69) is 20.2 Å². The number of H-pyrrole nitrogens is 1. The molecule has 3 rings (SSSR count). The van der Waals surface area contributed by atoms with Crippen molar-refractivity contribution < 1.29 is 4.39 Å². The minimum atomic E-state index is -0.439. The third-order valence-corrected chi connectivity index (χ3v) is 3.41. The van der Waals surface area contributed by atoms with E-state index in [0.29, 0.717) is 13.1 Å². The average Bonchev–Trinajstić information content (AvgIpc) is 2.37. The van der Waals surface area contributed by atoms with Crippen molar-refractivity contribution in [1.82, 2.24) is 20.2 Å². The molecule has 1 N–H and O–H groups in total. The zero-order chi connectivity index (χ0) is 14.1. The van der Waals surface area contributed by atoms with Crippen molar-refractivity contribution in [2.75, 3.05) is 29.9 Å². The van der Waals surface area contributed by atoms with Crippen LogP contribution in [0.5, 0.6) is 0 Å². The Kier molecular flexibility index (Phi) is 3.05. The molecule has 7 nitrogen and oxygen atoms in total. The number of nitrogens with zero attached hydrogens (tertiary/aromatic N) is 5. The fraction of sp³-hybridized carbons (Fsp3) is 0.333. The fourth-order valence-corrected chi connectivity index (χ4v) is 2.19. The summed E-state index contributed by atoms with van der Waals surface area (Å²) >= 11 is 0. The first-order valence-electron chi connectivity index (χ1n) is 6.13. The summed E-state index contributed by atoms with van der Waals surface area (Å²) in [5, 5.41) is 6.09. The standard InChI is InChI=1S/C12H13FN6O/c1-18(12-10(13)4-14-7-15-12)9-5-19(6-9)8-2-11(20)17-16-3-8/h2-4,7,9H,5-6H2,1H3,(H,17,20). The molecule has 0 unspecified atom stereocenters. The quantitative estimate of drug-likeness (QED) is 0.852. The lowest BCUT2D eigenvalue weighted by Crippen LogP contribution is -2.59. The highest BCUT2D eigenvalue weighted by Crippen LogP contribution is 2.24. The summed E-state index contributed by atoms with van der Waals surface area (Å²) in [5.74, 6) is -0.153. The number of hydrogen-bond acceptors (Lipinski definition) is 6. The summed E-state index contributed by atoms with van der Waals surface area (Å²) in [7, 11) is 1.80. The van der Waals surface area contributed by atoms with E-state index in [0.717, 1.165) is 11.9 Å². The van der Waals surface area contributed by atoms with Gasteiger partial charge in [0.1, 0.15) is 6.33 Å². The second-order valence-corrected chi connectivity index (χ2v) is 4.67. The number of aromatic amines is 1. The van der Waals surface area contributed by atoms with Crippen LogP contribution >= 0.6 is 0 Å². The van der Waals surface area contributed by atoms with Gasteiger partial charge in [-0.25, -0.2) is 19.5 Å². The number of hydrogen-bond donors (Lipinski definition) is 1. The SMILES string of the molecule is CN(c1ncncc1F)C1CN(c2cn[nH]c(=O)c2)C1. The van der Waals surface area contributed by atoms with Gasteiger partial charge in [0.25, 0.3) is 5.56 Å². The zero-order valence-corrected chi connectivity index (χ0v) is 10.8. The Morgan fingerprint density at radius 3 is 2.95 bits per heavy atom. The predicted octanol–water partition coefficient (Wildman–Crippen LogP) is 0.0240. The number of aromatic nitrogens is 4. The van der Waals surface area contributed by atoms with Gasteiger partial charge in [0, 0.05) is 26.2 Å². The zero-order valence-electron chi connectivity index (χ0n) is 10.8. The van der Waals surface area contributed by atoms with Crippen LogP contribution in [-0.2, 0) is 0 Å². The van der Waals surface area contributed by atoms with Crippen molar-refractivity contribution in [3.05, 3.63) is 41.0 Å². The average molecular weight is 276 g/mol. The molecule has 2 aromatic rings. The van der Waals surface area contributed by atoms with Gasteiger partial charge >= 0.3 is 0 Å². The molecule has 1 fully saturated rings. The first kappa shape index (κ1) is 12.5. The van der Waals surface area contributed by atoms with Crippen molar-refractivity contribution >= 4 is 11.5 Å². The van der Waals surface area contributed by atoms with Gasteiger partial charge in [-0.15, -0.1) is 0 Å². The first-order chi connectivity index (χ1) is 9.65. The van der Waals surface area contributed by atoms with Gasteiger partial charge in [-0.1, -0.05) is 0 Å². The molecule has 0 aromatic carbocycles.